The third-order valence-corrected chi connectivity index (χ3v) is 2.63. The number of aromatic hydroxyl groups is 1. The summed E-state index contributed by atoms with van der Waals surface area (Å²) < 4.78 is 7.09. The Kier molecular flexibility index (Phi) is 3.04. The Balaban J connectivity index is 2.63. The lowest BCUT2D eigenvalue weighted by Crippen LogP contribution is -2.05. The van der Waals surface area contributed by atoms with Crippen molar-refractivity contribution in [2.75, 3.05) is 7.11 Å². The van der Waals surface area contributed by atoms with E-state index in [9.17, 15) is 5.11 Å². The van der Waals surface area contributed by atoms with Crippen molar-refractivity contribution >= 4 is 0 Å². The van der Waals surface area contributed by atoms with Crippen LogP contribution in [0.5, 0.6) is 11.5 Å². The molecule has 0 bridgehead atoms. The van der Waals surface area contributed by atoms with Gasteiger partial charge in [-0.1, -0.05) is 12.1 Å². The Morgan fingerprint density at radius 2 is 2.00 bits per heavy atom. The number of hydrogen-bond donors (Lipinski definition) is 1. The molecule has 1 aromatic carbocycles. The van der Waals surface area contributed by atoms with Gasteiger partial charge < -0.3 is 9.84 Å². The third kappa shape index (κ3) is 1.98. The summed E-state index contributed by atoms with van der Waals surface area (Å²) in [6.07, 6.45) is 1.46. The van der Waals surface area contributed by atoms with Crippen molar-refractivity contribution in [1.29, 1.82) is 0 Å². The van der Waals surface area contributed by atoms with E-state index in [1.54, 1.807) is 11.8 Å². The summed E-state index contributed by atoms with van der Waals surface area (Å²) in [5, 5.41) is 14.1. The molecule has 4 heteroatoms. The van der Waals surface area contributed by atoms with Gasteiger partial charge in [-0.2, -0.15) is 5.10 Å². The van der Waals surface area contributed by atoms with Crippen LogP contribution in [0.2, 0.25) is 0 Å². The van der Waals surface area contributed by atoms with Gasteiger partial charge in [-0.05, 0) is 26.0 Å². The van der Waals surface area contributed by atoms with Crippen molar-refractivity contribution in [3.8, 4) is 22.8 Å². The van der Waals surface area contributed by atoms with Crippen molar-refractivity contribution in [3.05, 3.63) is 30.5 Å². The molecule has 0 aliphatic rings. The topological polar surface area (TPSA) is 47.3 Å². The predicted octanol–water partition coefficient (Wildman–Crippen LogP) is 2.85. The van der Waals surface area contributed by atoms with Gasteiger partial charge in [0.15, 0.2) is 5.75 Å². The second-order valence-corrected chi connectivity index (χ2v) is 4.12. The van der Waals surface area contributed by atoms with Gasteiger partial charge in [0.1, 0.15) is 11.4 Å². The Morgan fingerprint density at radius 3 is 2.65 bits per heavy atom. The Labute approximate surface area is 100 Å². The van der Waals surface area contributed by atoms with Crippen molar-refractivity contribution in [2.24, 2.45) is 0 Å². The molecule has 1 aromatic heterocycles. The van der Waals surface area contributed by atoms with Crippen molar-refractivity contribution in [3.63, 3.8) is 0 Å². The van der Waals surface area contributed by atoms with E-state index >= 15 is 0 Å². The van der Waals surface area contributed by atoms with Crippen LogP contribution >= 0.6 is 0 Å². The van der Waals surface area contributed by atoms with E-state index in [2.05, 4.69) is 5.10 Å². The highest BCUT2D eigenvalue weighted by atomic mass is 16.5. The predicted molar refractivity (Wildman–Crippen MR) is 66.3 cm³/mol. The second kappa shape index (κ2) is 4.49. The highest BCUT2D eigenvalue weighted by Crippen LogP contribution is 2.36. The number of rotatable bonds is 3. The van der Waals surface area contributed by atoms with Gasteiger partial charge >= 0.3 is 0 Å². The van der Waals surface area contributed by atoms with Crippen molar-refractivity contribution in [1.82, 2.24) is 9.78 Å². The molecule has 0 saturated heterocycles. The standard InChI is InChI=1S/C13H16N2O2/c1-9(2)15-13(11(16)8-14-15)10-6-4-5-7-12(10)17-3/h4-9,16H,1-3H3. The molecule has 0 atom stereocenters. The zero-order valence-corrected chi connectivity index (χ0v) is 10.2. The Bertz CT molecular complexity index is 518. The van der Waals surface area contributed by atoms with E-state index < -0.39 is 0 Å². The van der Waals surface area contributed by atoms with Crippen molar-refractivity contribution < 1.29 is 9.84 Å². The van der Waals surface area contributed by atoms with Gasteiger partial charge in [-0.15, -0.1) is 0 Å². The molecule has 0 radical (unpaired) electrons. The first-order chi connectivity index (χ1) is 8.15. The van der Waals surface area contributed by atoms with Gasteiger partial charge in [-0.25, -0.2) is 0 Å². The maximum Gasteiger partial charge on any atom is 0.161 e. The lowest BCUT2D eigenvalue weighted by molar-refractivity contribution is 0.414. The molecular weight excluding hydrogens is 216 g/mol. The fourth-order valence-corrected chi connectivity index (χ4v) is 1.85. The SMILES string of the molecule is COc1ccccc1-c1c(O)cnn1C(C)C. The molecule has 0 amide bonds. The average molecular weight is 232 g/mol. The molecule has 0 fully saturated rings. The lowest BCUT2D eigenvalue weighted by atomic mass is 10.1. The van der Waals surface area contributed by atoms with Crippen LogP contribution in [0, 0.1) is 0 Å². The number of para-hydroxylation sites is 1. The van der Waals surface area contributed by atoms with Crippen LogP contribution in [0.3, 0.4) is 0 Å². The lowest BCUT2D eigenvalue weighted by Gasteiger charge is -2.13. The first-order valence-corrected chi connectivity index (χ1v) is 5.55. The number of benzene rings is 1. The smallest absolute Gasteiger partial charge is 0.161 e. The second-order valence-electron chi connectivity index (χ2n) is 4.12. The summed E-state index contributed by atoms with van der Waals surface area (Å²) in [5.74, 6) is 0.897. The number of nitrogens with zero attached hydrogens (tertiary/aromatic N) is 2. The highest BCUT2D eigenvalue weighted by molar-refractivity contribution is 5.72. The van der Waals surface area contributed by atoms with Gasteiger partial charge in [0.05, 0.1) is 13.3 Å². The number of aromatic nitrogens is 2. The van der Waals surface area contributed by atoms with Crippen LogP contribution in [0.1, 0.15) is 19.9 Å². The molecule has 1 heterocycles. The number of methoxy groups -OCH3 is 1. The Hall–Kier alpha value is -1.97. The van der Waals surface area contributed by atoms with Gasteiger partial charge in [0.25, 0.3) is 0 Å². The van der Waals surface area contributed by atoms with E-state index in [1.807, 2.05) is 38.1 Å². The van der Waals surface area contributed by atoms with Crippen LogP contribution in [-0.2, 0) is 0 Å². The largest absolute Gasteiger partial charge is 0.504 e. The maximum atomic E-state index is 9.91. The zero-order chi connectivity index (χ0) is 12.4. The summed E-state index contributed by atoms with van der Waals surface area (Å²) in [7, 11) is 1.62. The zero-order valence-electron chi connectivity index (χ0n) is 10.2. The molecule has 2 rings (SSSR count). The van der Waals surface area contributed by atoms with E-state index in [4.69, 9.17) is 4.74 Å². The van der Waals surface area contributed by atoms with Gasteiger partial charge in [-0.3, -0.25) is 4.68 Å². The number of ether oxygens (including phenoxy) is 1. The average Bonchev–Trinajstić information content (AvgIpc) is 2.71. The summed E-state index contributed by atoms with van der Waals surface area (Å²) in [6.45, 7) is 4.04. The molecule has 0 aliphatic heterocycles. The van der Waals surface area contributed by atoms with Crippen molar-refractivity contribution in [2.45, 2.75) is 19.9 Å². The summed E-state index contributed by atoms with van der Waals surface area (Å²) in [5.41, 5.74) is 1.54. The van der Waals surface area contributed by atoms with Gasteiger partial charge in [0, 0.05) is 11.6 Å². The fourth-order valence-electron chi connectivity index (χ4n) is 1.85. The Morgan fingerprint density at radius 1 is 1.29 bits per heavy atom. The molecule has 1 N–H and O–H groups in total. The van der Waals surface area contributed by atoms with Crippen LogP contribution < -0.4 is 4.74 Å². The van der Waals surface area contributed by atoms with Crippen LogP contribution in [0.4, 0.5) is 0 Å². The van der Waals surface area contributed by atoms with Gasteiger partial charge in [0.2, 0.25) is 0 Å². The van der Waals surface area contributed by atoms with E-state index in [-0.39, 0.29) is 11.8 Å². The quantitative estimate of drug-likeness (QED) is 0.885. The monoisotopic (exact) mass is 232 g/mol. The minimum absolute atomic E-state index is 0.170. The molecule has 4 nitrogen and oxygen atoms in total. The first-order valence-electron chi connectivity index (χ1n) is 5.55. The molecule has 17 heavy (non-hydrogen) atoms. The first kappa shape index (κ1) is 11.5. The normalized spacial score (nSPS) is 10.8. The molecule has 2 aromatic rings. The van der Waals surface area contributed by atoms with Crippen LogP contribution in [0.25, 0.3) is 11.3 Å². The highest BCUT2D eigenvalue weighted by Gasteiger charge is 2.17. The summed E-state index contributed by atoms with van der Waals surface area (Å²) in [6, 6.07) is 7.77. The maximum absolute atomic E-state index is 9.91. The molecular formula is C13H16N2O2. The molecule has 0 spiro atoms. The van der Waals surface area contributed by atoms with E-state index in [0.29, 0.717) is 5.69 Å². The third-order valence-electron chi connectivity index (χ3n) is 2.63. The molecule has 0 saturated carbocycles. The molecule has 0 aliphatic carbocycles. The van der Waals surface area contributed by atoms with Crippen LogP contribution in [0.15, 0.2) is 30.5 Å². The van der Waals surface area contributed by atoms with E-state index in [0.717, 1.165) is 11.3 Å². The molecule has 0 unspecified atom stereocenters. The van der Waals surface area contributed by atoms with E-state index in [1.165, 1.54) is 6.20 Å². The minimum Gasteiger partial charge on any atom is -0.504 e. The minimum atomic E-state index is 0.170. The molecule has 90 valence electrons. The summed E-state index contributed by atoms with van der Waals surface area (Å²) >= 11 is 0. The fraction of sp³-hybridized carbons (Fsp3) is 0.308. The number of hydrogen-bond acceptors (Lipinski definition) is 3. The van der Waals surface area contributed by atoms with Crippen LogP contribution in [-0.4, -0.2) is 22.0 Å². The summed E-state index contributed by atoms with van der Waals surface area (Å²) in [4.78, 5) is 0.